The Kier molecular flexibility index (Phi) is 4.50. The van der Waals surface area contributed by atoms with Crippen LogP contribution in [-0.4, -0.2) is 22.7 Å². The van der Waals surface area contributed by atoms with Gasteiger partial charge in [0.1, 0.15) is 24.1 Å². The Balaban J connectivity index is 1.49. The van der Waals surface area contributed by atoms with Crippen LogP contribution in [0.25, 0.3) is 11.1 Å². The number of fused-ring (bicyclic) bond motifs is 1. The van der Waals surface area contributed by atoms with Crippen LogP contribution in [-0.2, 0) is 11.3 Å². The molecule has 1 aliphatic heterocycles. The highest BCUT2D eigenvalue weighted by Gasteiger charge is 2.30. The fourth-order valence-corrected chi connectivity index (χ4v) is 3.28. The molecule has 1 aromatic heterocycles. The molecule has 2 heterocycles. The number of rotatable bonds is 5. The molecule has 0 fully saturated rings. The quantitative estimate of drug-likeness (QED) is 0.712. The first kappa shape index (κ1) is 17.1. The monoisotopic (exact) mass is 360 g/mol. The van der Waals surface area contributed by atoms with Gasteiger partial charge in [0, 0.05) is 23.9 Å². The first-order valence-electron chi connectivity index (χ1n) is 8.85. The topological polar surface area (TPSA) is 71.5 Å². The summed E-state index contributed by atoms with van der Waals surface area (Å²) in [4.78, 5) is 15.8. The fraction of sp³-hybridized carbons (Fsp3) is 0.182. The zero-order valence-electron chi connectivity index (χ0n) is 15.0. The summed E-state index contributed by atoms with van der Waals surface area (Å²) in [5, 5.41) is 12.6. The van der Waals surface area contributed by atoms with Gasteiger partial charge in [0.05, 0.1) is 0 Å². The van der Waals surface area contributed by atoms with Gasteiger partial charge in [0.25, 0.3) is 0 Å². The van der Waals surface area contributed by atoms with Crippen LogP contribution in [0.3, 0.4) is 0 Å². The van der Waals surface area contributed by atoms with Gasteiger partial charge >= 0.3 is 5.97 Å². The highest BCUT2D eigenvalue weighted by Crippen LogP contribution is 2.37. The fourth-order valence-electron chi connectivity index (χ4n) is 3.28. The van der Waals surface area contributed by atoms with E-state index in [4.69, 9.17) is 4.74 Å². The molecule has 5 heteroatoms. The van der Waals surface area contributed by atoms with Gasteiger partial charge in [0.2, 0.25) is 0 Å². The van der Waals surface area contributed by atoms with Crippen molar-refractivity contribution in [1.29, 1.82) is 0 Å². The number of hydrogen-bond acceptors (Lipinski definition) is 4. The van der Waals surface area contributed by atoms with Crippen LogP contribution in [0.15, 0.2) is 60.8 Å². The summed E-state index contributed by atoms with van der Waals surface area (Å²) in [6.07, 6.45) is 1.80. The SMILES string of the molecule is Cc1cccc(CNc2ccc(-c3ccc4c(c3)C(C(=O)O)CO4)cn2)c1. The number of ether oxygens (including phenoxy) is 1. The first-order chi connectivity index (χ1) is 13.1. The predicted molar refractivity (Wildman–Crippen MR) is 104 cm³/mol. The number of anilines is 1. The molecule has 27 heavy (non-hydrogen) atoms. The number of pyridine rings is 1. The maximum absolute atomic E-state index is 11.4. The molecule has 0 spiro atoms. The third-order valence-electron chi connectivity index (χ3n) is 4.74. The Morgan fingerprint density at radius 3 is 2.78 bits per heavy atom. The minimum absolute atomic E-state index is 0.189. The van der Waals surface area contributed by atoms with E-state index in [0.717, 1.165) is 22.5 Å². The van der Waals surface area contributed by atoms with Crippen LogP contribution < -0.4 is 10.1 Å². The molecule has 5 nitrogen and oxygen atoms in total. The van der Waals surface area contributed by atoms with E-state index < -0.39 is 11.9 Å². The average molecular weight is 360 g/mol. The Labute approximate surface area is 157 Å². The van der Waals surface area contributed by atoms with Crippen molar-refractivity contribution in [3.05, 3.63) is 77.5 Å². The summed E-state index contributed by atoms with van der Waals surface area (Å²) in [5.74, 6) is -0.0217. The van der Waals surface area contributed by atoms with Gasteiger partial charge in [0.15, 0.2) is 0 Å². The number of aryl methyl sites for hydroxylation is 1. The molecule has 2 aromatic carbocycles. The van der Waals surface area contributed by atoms with E-state index in [9.17, 15) is 9.90 Å². The number of carbonyl (C=O) groups is 1. The van der Waals surface area contributed by atoms with Crippen molar-refractivity contribution in [3.8, 4) is 16.9 Å². The summed E-state index contributed by atoms with van der Waals surface area (Å²) in [7, 11) is 0. The molecule has 0 aliphatic carbocycles. The smallest absolute Gasteiger partial charge is 0.314 e. The molecule has 1 aliphatic rings. The van der Waals surface area contributed by atoms with E-state index in [2.05, 4.69) is 35.4 Å². The van der Waals surface area contributed by atoms with E-state index >= 15 is 0 Å². The summed E-state index contributed by atoms with van der Waals surface area (Å²) in [6, 6.07) is 17.9. The van der Waals surface area contributed by atoms with E-state index in [1.807, 2.05) is 36.4 Å². The van der Waals surface area contributed by atoms with Gasteiger partial charge in [-0.05, 0) is 42.3 Å². The van der Waals surface area contributed by atoms with Crippen LogP contribution in [0.4, 0.5) is 5.82 Å². The third-order valence-corrected chi connectivity index (χ3v) is 4.74. The minimum Gasteiger partial charge on any atom is -0.492 e. The summed E-state index contributed by atoms with van der Waals surface area (Å²) >= 11 is 0. The number of nitrogens with zero attached hydrogens (tertiary/aromatic N) is 1. The number of hydrogen-bond donors (Lipinski definition) is 2. The van der Waals surface area contributed by atoms with E-state index in [1.54, 1.807) is 6.20 Å². The standard InChI is InChI=1S/C22H20N2O3/c1-14-3-2-4-15(9-14)11-23-21-8-6-17(12-24-21)16-5-7-20-18(10-16)19(13-27-20)22(25)26/h2-10,12,19H,11,13H2,1H3,(H,23,24)(H,25,26). The molecule has 0 bridgehead atoms. The molecule has 2 N–H and O–H groups in total. The Bertz CT molecular complexity index is 983. The summed E-state index contributed by atoms with van der Waals surface area (Å²) in [6.45, 7) is 2.98. The lowest BCUT2D eigenvalue weighted by Gasteiger charge is -2.09. The maximum atomic E-state index is 11.4. The lowest BCUT2D eigenvalue weighted by Crippen LogP contribution is -2.12. The van der Waals surface area contributed by atoms with Gasteiger partial charge in [-0.3, -0.25) is 4.79 Å². The Morgan fingerprint density at radius 2 is 2.04 bits per heavy atom. The van der Waals surface area contributed by atoms with Gasteiger partial charge in [-0.1, -0.05) is 35.9 Å². The molecular formula is C22H20N2O3. The van der Waals surface area contributed by atoms with Crippen molar-refractivity contribution in [3.63, 3.8) is 0 Å². The highest BCUT2D eigenvalue weighted by molar-refractivity contribution is 5.80. The van der Waals surface area contributed by atoms with Crippen molar-refractivity contribution >= 4 is 11.8 Å². The zero-order valence-corrected chi connectivity index (χ0v) is 15.0. The predicted octanol–water partition coefficient (Wildman–Crippen LogP) is 4.23. The summed E-state index contributed by atoms with van der Waals surface area (Å²) in [5.41, 5.74) is 5.04. The van der Waals surface area contributed by atoms with Gasteiger partial charge < -0.3 is 15.2 Å². The van der Waals surface area contributed by atoms with Crippen molar-refractivity contribution in [2.75, 3.05) is 11.9 Å². The molecule has 1 unspecified atom stereocenters. The zero-order chi connectivity index (χ0) is 18.8. The largest absolute Gasteiger partial charge is 0.492 e. The van der Waals surface area contributed by atoms with Crippen molar-refractivity contribution < 1.29 is 14.6 Å². The molecule has 136 valence electrons. The van der Waals surface area contributed by atoms with Crippen LogP contribution in [0.2, 0.25) is 0 Å². The maximum Gasteiger partial charge on any atom is 0.314 e. The van der Waals surface area contributed by atoms with Gasteiger partial charge in [-0.25, -0.2) is 4.98 Å². The second-order valence-electron chi connectivity index (χ2n) is 6.73. The van der Waals surface area contributed by atoms with E-state index in [0.29, 0.717) is 12.3 Å². The van der Waals surface area contributed by atoms with E-state index in [1.165, 1.54) is 11.1 Å². The molecule has 4 rings (SSSR count). The molecule has 0 amide bonds. The highest BCUT2D eigenvalue weighted by atomic mass is 16.5. The number of nitrogens with one attached hydrogen (secondary N) is 1. The molecule has 0 radical (unpaired) electrons. The lowest BCUT2D eigenvalue weighted by atomic mass is 9.97. The molecule has 0 saturated heterocycles. The van der Waals surface area contributed by atoms with Crippen molar-refractivity contribution in [1.82, 2.24) is 4.98 Å². The third kappa shape index (κ3) is 3.62. The van der Waals surface area contributed by atoms with Crippen LogP contribution in [0.1, 0.15) is 22.6 Å². The van der Waals surface area contributed by atoms with Gasteiger partial charge in [-0.15, -0.1) is 0 Å². The number of aliphatic carboxylic acids is 1. The molecule has 3 aromatic rings. The number of carboxylic acids is 1. The average Bonchev–Trinajstić information content (AvgIpc) is 3.10. The van der Waals surface area contributed by atoms with Gasteiger partial charge in [-0.2, -0.15) is 0 Å². The van der Waals surface area contributed by atoms with E-state index in [-0.39, 0.29) is 6.61 Å². The normalized spacial score (nSPS) is 15.1. The molecular weight excluding hydrogens is 340 g/mol. The number of carboxylic acid groups (broad SMARTS) is 1. The number of aromatic nitrogens is 1. The Hall–Kier alpha value is -3.34. The van der Waals surface area contributed by atoms with Crippen molar-refractivity contribution in [2.24, 2.45) is 0 Å². The second-order valence-corrected chi connectivity index (χ2v) is 6.73. The number of benzene rings is 2. The first-order valence-corrected chi connectivity index (χ1v) is 8.85. The minimum atomic E-state index is -0.861. The Morgan fingerprint density at radius 1 is 1.19 bits per heavy atom. The summed E-state index contributed by atoms with van der Waals surface area (Å²) < 4.78 is 5.46. The lowest BCUT2D eigenvalue weighted by molar-refractivity contribution is -0.138. The van der Waals surface area contributed by atoms with Crippen molar-refractivity contribution in [2.45, 2.75) is 19.4 Å². The van der Waals surface area contributed by atoms with Crippen LogP contribution >= 0.6 is 0 Å². The second kappa shape index (κ2) is 7.11. The van der Waals surface area contributed by atoms with Crippen LogP contribution in [0.5, 0.6) is 5.75 Å². The molecule has 0 saturated carbocycles. The van der Waals surface area contributed by atoms with Crippen LogP contribution in [0, 0.1) is 6.92 Å². The molecule has 1 atom stereocenters.